The number of nitrogens with zero attached hydrogens (tertiary/aromatic N) is 1. The lowest BCUT2D eigenvalue weighted by Crippen LogP contribution is -2.40. The summed E-state index contributed by atoms with van der Waals surface area (Å²) in [5.41, 5.74) is 3.05. The fraction of sp³-hybridized carbons (Fsp3) is 0.450. The second kappa shape index (κ2) is 7.05. The standard InChI is InChI=1S/C20H22N2O4S/c1-10(2)11-3-5-12(6-4-11)13-9-27-20(21-13)22-18(23)16-14-7-8-15(26-14)17(16)19(24)25/h3-6,9-10,14-17H,7-8H2,1-2H3,(H,24,25)(H,21,22,23)/t14-,15-,16-,17+/m1/s1. The van der Waals surface area contributed by atoms with E-state index in [2.05, 4.69) is 36.3 Å². The highest BCUT2D eigenvalue weighted by Gasteiger charge is 2.55. The van der Waals surface area contributed by atoms with Gasteiger partial charge >= 0.3 is 5.97 Å². The molecule has 0 unspecified atom stereocenters. The van der Waals surface area contributed by atoms with Crippen molar-refractivity contribution >= 4 is 28.3 Å². The summed E-state index contributed by atoms with van der Waals surface area (Å²) in [5, 5.41) is 14.6. The van der Waals surface area contributed by atoms with Crippen molar-refractivity contribution in [2.75, 3.05) is 5.32 Å². The molecule has 2 aliphatic heterocycles. The summed E-state index contributed by atoms with van der Waals surface area (Å²) < 4.78 is 5.66. The molecule has 7 heteroatoms. The second-order valence-corrected chi connectivity index (χ2v) is 8.34. The molecule has 4 atom stereocenters. The number of amides is 1. The van der Waals surface area contributed by atoms with Gasteiger partial charge in [-0.15, -0.1) is 11.3 Å². The maximum absolute atomic E-state index is 12.7. The van der Waals surface area contributed by atoms with Crippen LogP contribution in [-0.4, -0.2) is 34.2 Å². The first-order valence-corrected chi connectivity index (χ1v) is 10.1. The van der Waals surface area contributed by atoms with Gasteiger partial charge in [-0.25, -0.2) is 4.98 Å². The van der Waals surface area contributed by atoms with E-state index in [0.717, 1.165) is 17.7 Å². The molecule has 2 N–H and O–H groups in total. The van der Waals surface area contributed by atoms with Crippen LogP contribution in [0.5, 0.6) is 0 Å². The molecule has 0 saturated carbocycles. The number of carboxylic acid groups (broad SMARTS) is 1. The van der Waals surface area contributed by atoms with Crippen LogP contribution in [0.2, 0.25) is 0 Å². The van der Waals surface area contributed by atoms with E-state index in [1.165, 1.54) is 16.9 Å². The van der Waals surface area contributed by atoms with Crippen molar-refractivity contribution in [2.45, 2.75) is 44.8 Å². The summed E-state index contributed by atoms with van der Waals surface area (Å²) in [6, 6.07) is 8.23. The van der Waals surface area contributed by atoms with Crippen LogP contribution in [0.25, 0.3) is 11.3 Å². The Hall–Kier alpha value is -2.25. The van der Waals surface area contributed by atoms with Crippen LogP contribution in [0.4, 0.5) is 5.13 Å². The largest absolute Gasteiger partial charge is 0.481 e. The van der Waals surface area contributed by atoms with Crippen LogP contribution in [-0.2, 0) is 14.3 Å². The number of hydrogen-bond acceptors (Lipinski definition) is 5. The number of ether oxygens (including phenoxy) is 1. The minimum atomic E-state index is -0.965. The Morgan fingerprint density at radius 2 is 1.85 bits per heavy atom. The van der Waals surface area contributed by atoms with E-state index in [1.54, 1.807) is 0 Å². The lowest BCUT2D eigenvalue weighted by atomic mass is 9.79. The molecule has 0 aliphatic carbocycles. The van der Waals surface area contributed by atoms with E-state index in [9.17, 15) is 14.7 Å². The molecule has 1 aromatic heterocycles. The molecule has 3 heterocycles. The van der Waals surface area contributed by atoms with E-state index < -0.39 is 17.8 Å². The van der Waals surface area contributed by atoms with Crippen molar-refractivity contribution in [1.82, 2.24) is 4.98 Å². The van der Waals surface area contributed by atoms with Crippen LogP contribution in [0.1, 0.15) is 38.2 Å². The average Bonchev–Trinajstić information content (AvgIpc) is 3.37. The number of carboxylic acids is 1. The number of nitrogens with one attached hydrogen (secondary N) is 1. The van der Waals surface area contributed by atoms with Crippen LogP contribution in [0.3, 0.4) is 0 Å². The van der Waals surface area contributed by atoms with Crippen molar-refractivity contribution in [3.8, 4) is 11.3 Å². The number of aliphatic carboxylic acids is 1. The molecule has 0 radical (unpaired) electrons. The molecule has 0 spiro atoms. The van der Waals surface area contributed by atoms with Crippen LogP contribution in [0.15, 0.2) is 29.6 Å². The summed E-state index contributed by atoms with van der Waals surface area (Å²) in [7, 11) is 0. The Morgan fingerprint density at radius 3 is 2.48 bits per heavy atom. The first kappa shape index (κ1) is 18.1. The Bertz CT molecular complexity index is 861. The predicted molar refractivity (Wildman–Crippen MR) is 103 cm³/mol. The molecular formula is C20H22N2O4S. The maximum Gasteiger partial charge on any atom is 0.310 e. The highest BCUT2D eigenvalue weighted by molar-refractivity contribution is 7.14. The van der Waals surface area contributed by atoms with Crippen molar-refractivity contribution < 1.29 is 19.4 Å². The number of benzene rings is 1. The van der Waals surface area contributed by atoms with Crippen LogP contribution in [0, 0.1) is 11.8 Å². The third kappa shape index (κ3) is 3.37. The Balaban J connectivity index is 1.47. The topological polar surface area (TPSA) is 88.5 Å². The van der Waals surface area contributed by atoms with Crippen LogP contribution >= 0.6 is 11.3 Å². The third-order valence-electron chi connectivity index (χ3n) is 5.47. The highest BCUT2D eigenvalue weighted by Crippen LogP contribution is 2.44. The maximum atomic E-state index is 12.7. The zero-order valence-electron chi connectivity index (χ0n) is 15.2. The Labute approximate surface area is 161 Å². The molecule has 4 rings (SSSR count). The quantitative estimate of drug-likeness (QED) is 0.817. The van der Waals surface area contributed by atoms with E-state index >= 15 is 0 Å². The van der Waals surface area contributed by atoms with Crippen molar-refractivity contribution in [3.05, 3.63) is 35.2 Å². The van der Waals surface area contributed by atoms with Gasteiger partial charge in [0.05, 0.1) is 29.7 Å². The highest BCUT2D eigenvalue weighted by atomic mass is 32.1. The van der Waals surface area contributed by atoms with Crippen molar-refractivity contribution in [2.24, 2.45) is 11.8 Å². The average molecular weight is 386 g/mol. The summed E-state index contributed by atoms with van der Waals surface area (Å²) in [4.78, 5) is 28.7. The number of thiazole rings is 1. The summed E-state index contributed by atoms with van der Waals surface area (Å²) in [5.74, 6) is -2.24. The lowest BCUT2D eigenvalue weighted by Gasteiger charge is -2.23. The zero-order chi connectivity index (χ0) is 19.1. The fourth-order valence-corrected chi connectivity index (χ4v) is 4.74. The van der Waals surface area contributed by atoms with Gasteiger partial charge in [0.25, 0.3) is 0 Å². The van der Waals surface area contributed by atoms with Gasteiger partial charge in [0.15, 0.2) is 5.13 Å². The number of aromatic nitrogens is 1. The zero-order valence-corrected chi connectivity index (χ0v) is 16.0. The predicted octanol–water partition coefficient (Wildman–Crippen LogP) is 3.75. The molecule has 27 heavy (non-hydrogen) atoms. The van der Waals surface area contributed by atoms with Gasteiger partial charge in [0.2, 0.25) is 5.91 Å². The van der Waals surface area contributed by atoms with Crippen LogP contribution < -0.4 is 5.32 Å². The van der Waals surface area contributed by atoms with E-state index in [1.807, 2.05) is 17.5 Å². The number of rotatable bonds is 5. The van der Waals surface area contributed by atoms with Gasteiger partial charge in [-0.3, -0.25) is 9.59 Å². The summed E-state index contributed by atoms with van der Waals surface area (Å²) in [6.07, 6.45) is 0.783. The Kier molecular flexibility index (Phi) is 4.74. The molecule has 1 amide bonds. The lowest BCUT2D eigenvalue weighted by molar-refractivity contribution is -0.147. The van der Waals surface area contributed by atoms with E-state index in [-0.39, 0.29) is 18.1 Å². The molecule has 142 valence electrons. The molecule has 6 nitrogen and oxygen atoms in total. The SMILES string of the molecule is CC(C)c1ccc(-c2csc(NC(=O)[C@H]3[C@@H](C(=O)O)[C@H]4CC[C@H]3O4)n2)cc1. The van der Waals surface area contributed by atoms with Gasteiger partial charge in [0.1, 0.15) is 0 Å². The minimum Gasteiger partial charge on any atom is -0.481 e. The second-order valence-electron chi connectivity index (χ2n) is 7.48. The van der Waals surface area contributed by atoms with Crippen molar-refractivity contribution in [3.63, 3.8) is 0 Å². The van der Waals surface area contributed by atoms with E-state index in [4.69, 9.17) is 4.74 Å². The van der Waals surface area contributed by atoms with Gasteiger partial charge in [-0.05, 0) is 24.3 Å². The number of carbonyl (C=O) groups is 2. The minimum absolute atomic E-state index is 0.306. The van der Waals surface area contributed by atoms with Gasteiger partial charge in [0, 0.05) is 10.9 Å². The van der Waals surface area contributed by atoms with Gasteiger partial charge in [-0.1, -0.05) is 38.1 Å². The molecule has 2 aromatic rings. The monoisotopic (exact) mass is 386 g/mol. The number of fused-ring (bicyclic) bond motifs is 2. The van der Waals surface area contributed by atoms with Gasteiger partial charge in [-0.2, -0.15) is 0 Å². The first-order chi connectivity index (χ1) is 12.9. The number of hydrogen-bond donors (Lipinski definition) is 2. The molecule has 2 fully saturated rings. The van der Waals surface area contributed by atoms with Gasteiger partial charge < -0.3 is 15.2 Å². The first-order valence-electron chi connectivity index (χ1n) is 9.19. The van der Waals surface area contributed by atoms with E-state index in [0.29, 0.717) is 17.5 Å². The molecular weight excluding hydrogens is 364 g/mol. The molecule has 2 saturated heterocycles. The number of anilines is 1. The molecule has 2 bridgehead atoms. The summed E-state index contributed by atoms with van der Waals surface area (Å²) >= 11 is 1.34. The molecule has 2 aliphatic rings. The van der Waals surface area contributed by atoms with Crippen molar-refractivity contribution in [1.29, 1.82) is 0 Å². The molecule has 1 aromatic carbocycles. The number of carbonyl (C=O) groups excluding carboxylic acids is 1. The summed E-state index contributed by atoms with van der Waals surface area (Å²) in [6.45, 7) is 4.30. The Morgan fingerprint density at radius 1 is 1.19 bits per heavy atom. The normalized spacial score (nSPS) is 26.5. The third-order valence-corrected chi connectivity index (χ3v) is 6.23. The smallest absolute Gasteiger partial charge is 0.310 e. The fourth-order valence-electron chi connectivity index (χ4n) is 4.02.